The first-order valence-electron chi connectivity index (χ1n) is 8.17. The molecule has 4 rings (SSSR count). The van der Waals surface area contributed by atoms with E-state index in [1.807, 2.05) is 0 Å². The van der Waals surface area contributed by atoms with Crippen LogP contribution in [0, 0.1) is 0 Å². The van der Waals surface area contributed by atoms with Crippen LogP contribution in [0.25, 0.3) is 5.65 Å². The standard InChI is InChI=1S/C18H15N3O6S/c1-26-13-8-12-15(9-14(13)27-2)28(24,25)21(18(12)23)10-11-7-17(22)20-6-4-3-5-16(20)19-11/h3-9H,10H2,1-2H3. The van der Waals surface area contributed by atoms with E-state index in [-0.39, 0.29) is 39.8 Å². The van der Waals surface area contributed by atoms with Crippen LogP contribution in [0.1, 0.15) is 16.1 Å². The van der Waals surface area contributed by atoms with E-state index in [4.69, 9.17) is 9.47 Å². The van der Waals surface area contributed by atoms with Gasteiger partial charge in [-0.1, -0.05) is 6.07 Å². The molecule has 0 saturated carbocycles. The number of nitrogens with zero attached hydrogens (tertiary/aromatic N) is 3. The molecule has 3 heterocycles. The van der Waals surface area contributed by atoms with Crippen molar-refractivity contribution < 1.29 is 22.7 Å². The molecule has 0 aliphatic carbocycles. The quantitative estimate of drug-likeness (QED) is 0.643. The lowest BCUT2D eigenvalue weighted by atomic mass is 10.2. The number of hydrogen-bond donors (Lipinski definition) is 0. The number of carbonyl (C=O) groups is 1. The Morgan fingerprint density at radius 1 is 1.04 bits per heavy atom. The highest BCUT2D eigenvalue weighted by molar-refractivity contribution is 7.90. The Balaban J connectivity index is 1.79. The minimum absolute atomic E-state index is 0.0184. The second-order valence-corrected chi connectivity index (χ2v) is 7.87. The number of amides is 1. The van der Waals surface area contributed by atoms with Crippen molar-refractivity contribution in [3.05, 3.63) is 64.2 Å². The number of benzene rings is 1. The summed E-state index contributed by atoms with van der Waals surface area (Å²) < 4.78 is 38.1. The molecule has 1 aromatic carbocycles. The van der Waals surface area contributed by atoms with E-state index in [1.54, 1.807) is 24.4 Å². The smallest absolute Gasteiger partial charge is 0.269 e. The predicted molar refractivity (Wildman–Crippen MR) is 98.1 cm³/mol. The summed E-state index contributed by atoms with van der Waals surface area (Å²) in [5.41, 5.74) is 0.135. The maximum Gasteiger partial charge on any atom is 0.269 e. The predicted octanol–water partition coefficient (Wildman–Crippen LogP) is 1.06. The molecule has 0 spiro atoms. The van der Waals surface area contributed by atoms with Crippen LogP contribution in [-0.2, 0) is 16.6 Å². The second kappa shape index (κ2) is 6.34. The van der Waals surface area contributed by atoms with Crippen molar-refractivity contribution in [3.8, 4) is 11.5 Å². The first kappa shape index (κ1) is 18.0. The van der Waals surface area contributed by atoms with Crippen LogP contribution in [0.15, 0.2) is 52.3 Å². The summed E-state index contributed by atoms with van der Waals surface area (Å²) in [6.07, 6.45) is 1.56. The molecule has 1 aliphatic rings. The molecule has 9 nitrogen and oxygen atoms in total. The molecule has 0 fully saturated rings. The monoisotopic (exact) mass is 401 g/mol. The molecular formula is C18H15N3O6S. The number of rotatable bonds is 4. The maximum absolute atomic E-state index is 12.9. The van der Waals surface area contributed by atoms with Gasteiger partial charge in [-0.05, 0) is 18.2 Å². The van der Waals surface area contributed by atoms with Crippen LogP contribution in [0.5, 0.6) is 11.5 Å². The van der Waals surface area contributed by atoms with Gasteiger partial charge in [0.05, 0.1) is 32.0 Å². The molecule has 0 radical (unpaired) electrons. The zero-order chi connectivity index (χ0) is 20.1. The molecule has 3 aromatic rings. The van der Waals surface area contributed by atoms with E-state index in [9.17, 15) is 18.0 Å². The summed E-state index contributed by atoms with van der Waals surface area (Å²) in [4.78, 5) is 29.1. The molecular weight excluding hydrogens is 386 g/mol. The van der Waals surface area contributed by atoms with Gasteiger partial charge in [0, 0.05) is 18.3 Å². The Kier molecular flexibility index (Phi) is 4.07. The molecule has 2 aromatic heterocycles. The molecule has 28 heavy (non-hydrogen) atoms. The SMILES string of the molecule is COc1cc2c(cc1OC)S(=O)(=O)N(Cc1cc(=O)n3ccccc3n1)C2=O. The molecule has 0 unspecified atom stereocenters. The van der Waals surface area contributed by atoms with Crippen molar-refractivity contribution in [2.75, 3.05) is 14.2 Å². The largest absolute Gasteiger partial charge is 0.493 e. The summed E-state index contributed by atoms with van der Waals surface area (Å²) >= 11 is 0. The Morgan fingerprint density at radius 3 is 2.46 bits per heavy atom. The maximum atomic E-state index is 12.9. The zero-order valence-corrected chi connectivity index (χ0v) is 15.8. The van der Waals surface area contributed by atoms with Crippen LogP contribution in [0.2, 0.25) is 0 Å². The minimum atomic E-state index is -4.12. The highest BCUT2D eigenvalue weighted by Crippen LogP contribution is 2.39. The van der Waals surface area contributed by atoms with Crippen molar-refractivity contribution in [3.63, 3.8) is 0 Å². The average Bonchev–Trinajstić information content (AvgIpc) is 2.87. The Bertz CT molecular complexity index is 1280. The molecule has 10 heteroatoms. The van der Waals surface area contributed by atoms with Gasteiger partial charge >= 0.3 is 0 Å². The van der Waals surface area contributed by atoms with E-state index in [1.165, 1.54) is 36.8 Å². The van der Waals surface area contributed by atoms with E-state index in [0.717, 1.165) is 0 Å². The number of sulfonamides is 1. The lowest BCUT2D eigenvalue weighted by Gasteiger charge is -2.14. The Labute approximate surface area is 159 Å². The van der Waals surface area contributed by atoms with Gasteiger partial charge in [0.15, 0.2) is 11.5 Å². The van der Waals surface area contributed by atoms with Crippen LogP contribution in [0.3, 0.4) is 0 Å². The van der Waals surface area contributed by atoms with Crippen molar-refractivity contribution in [1.29, 1.82) is 0 Å². The van der Waals surface area contributed by atoms with Gasteiger partial charge in [-0.25, -0.2) is 17.7 Å². The first-order chi connectivity index (χ1) is 13.4. The van der Waals surface area contributed by atoms with Crippen LogP contribution >= 0.6 is 0 Å². The van der Waals surface area contributed by atoms with Crippen molar-refractivity contribution >= 4 is 21.6 Å². The molecule has 0 saturated heterocycles. The van der Waals surface area contributed by atoms with Crippen LogP contribution in [-0.4, -0.2) is 42.2 Å². The van der Waals surface area contributed by atoms with Gasteiger partial charge < -0.3 is 9.47 Å². The first-order valence-corrected chi connectivity index (χ1v) is 9.61. The number of pyridine rings is 1. The number of ether oxygens (including phenoxy) is 2. The normalized spacial score (nSPS) is 14.9. The fourth-order valence-corrected chi connectivity index (χ4v) is 4.63. The van der Waals surface area contributed by atoms with Crippen LogP contribution < -0.4 is 15.0 Å². The van der Waals surface area contributed by atoms with E-state index >= 15 is 0 Å². The van der Waals surface area contributed by atoms with E-state index in [2.05, 4.69) is 4.98 Å². The van der Waals surface area contributed by atoms with Crippen molar-refractivity contribution in [2.24, 2.45) is 0 Å². The van der Waals surface area contributed by atoms with Crippen LogP contribution in [0.4, 0.5) is 0 Å². The molecule has 0 bridgehead atoms. The second-order valence-electron chi connectivity index (χ2n) is 6.03. The summed E-state index contributed by atoms with van der Waals surface area (Å²) in [6.45, 7) is -0.360. The molecule has 1 amide bonds. The lowest BCUT2D eigenvalue weighted by Crippen LogP contribution is -2.30. The Morgan fingerprint density at radius 2 is 1.75 bits per heavy atom. The third-order valence-electron chi connectivity index (χ3n) is 4.44. The number of fused-ring (bicyclic) bond motifs is 2. The Hall–Kier alpha value is -3.40. The fourth-order valence-electron chi connectivity index (χ4n) is 3.09. The summed E-state index contributed by atoms with van der Waals surface area (Å²) in [6, 6.07) is 8.80. The molecule has 1 aliphatic heterocycles. The summed E-state index contributed by atoms with van der Waals surface area (Å²) in [7, 11) is -1.35. The number of carbonyl (C=O) groups excluding carboxylic acids is 1. The number of methoxy groups -OCH3 is 2. The fraction of sp³-hybridized carbons (Fsp3) is 0.167. The van der Waals surface area contributed by atoms with Gasteiger partial charge in [-0.2, -0.15) is 0 Å². The molecule has 0 atom stereocenters. The number of hydrogen-bond acceptors (Lipinski definition) is 7. The lowest BCUT2D eigenvalue weighted by molar-refractivity contribution is 0.0863. The van der Waals surface area contributed by atoms with Gasteiger partial charge in [-0.3, -0.25) is 14.0 Å². The van der Waals surface area contributed by atoms with E-state index in [0.29, 0.717) is 9.95 Å². The zero-order valence-electron chi connectivity index (χ0n) is 14.9. The molecule has 0 N–H and O–H groups in total. The topological polar surface area (TPSA) is 107 Å². The van der Waals surface area contributed by atoms with Gasteiger partial charge in [0.1, 0.15) is 10.5 Å². The third-order valence-corrected chi connectivity index (χ3v) is 6.21. The van der Waals surface area contributed by atoms with Crippen molar-refractivity contribution in [2.45, 2.75) is 11.4 Å². The average molecular weight is 401 g/mol. The van der Waals surface area contributed by atoms with E-state index < -0.39 is 15.9 Å². The summed E-state index contributed by atoms with van der Waals surface area (Å²) in [5, 5.41) is 0. The number of aromatic nitrogens is 2. The van der Waals surface area contributed by atoms with Gasteiger partial charge in [0.25, 0.3) is 21.5 Å². The summed E-state index contributed by atoms with van der Waals surface area (Å²) in [5.74, 6) is -0.277. The highest BCUT2D eigenvalue weighted by atomic mass is 32.2. The van der Waals surface area contributed by atoms with Gasteiger partial charge in [-0.15, -0.1) is 0 Å². The molecule has 144 valence electrons. The van der Waals surface area contributed by atoms with Gasteiger partial charge in [0.2, 0.25) is 0 Å². The van der Waals surface area contributed by atoms with Crippen molar-refractivity contribution in [1.82, 2.24) is 13.7 Å². The highest BCUT2D eigenvalue weighted by Gasteiger charge is 2.42. The third kappa shape index (κ3) is 2.61. The minimum Gasteiger partial charge on any atom is -0.493 e.